The molecule has 0 aromatic carbocycles. The summed E-state index contributed by atoms with van der Waals surface area (Å²) in [6.45, 7) is 2.00. The number of rotatable bonds is 7. The van der Waals surface area contributed by atoms with E-state index in [1.54, 1.807) is 0 Å². The molecule has 16 heavy (non-hydrogen) atoms. The van der Waals surface area contributed by atoms with E-state index in [1.807, 2.05) is 4.90 Å². The molecule has 92 valence electrons. The predicted molar refractivity (Wildman–Crippen MR) is 56.9 cm³/mol. The third kappa shape index (κ3) is 4.16. The zero-order chi connectivity index (χ0) is 12.1. The second kappa shape index (κ2) is 5.81. The Hall–Kier alpha value is -1.14. The fraction of sp³-hybridized carbons (Fsp3) is 0.800. The van der Waals surface area contributed by atoms with Crippen LogP contribution in [0.1, 0.15) is 19.8 Å². The van der Waals surface area contributed by atoms with Gasteiger partial charge in [0, 0.05) is 26.1 Å². The molecule has 1 unspecified atom stereocenters. The molecule has 1 aliphatic carbocycles. The number of aliphatic hydroxyl groups is 1. The summed E-state index contributed by atoms with van der Waals surface area (Å²) in [5, 5.41) is 20.2. The van der Waals surface area contributed by atoms with Crippen LogP contribution >= 0.6 is 0 Å². The molecule has 1 fully saturated rings. The molecule has 0 aliphatic heterocycles. The van der Waals surface area contributed by atoms with Gasteiger partial charge in [0.25, 0.3) is 0 Å². The molecule has 0 heterocycles. The lowest BCUT2D eigenvalue weighted by Gasteiger charge is -2.24. The van der Waals surface area contributed by atoms with E-state index in [9.17, 15) is 9.59 Å². The maximum absolute atomic E-state index is 10.9. The summed E-state index contributed by atoms with van der Waals surface area (Å²) in [5.41, 5.74) is 0. The van der Waals surface area contributed by atoms with Crippen LogP contribution < -0.4 is 5.32 Å². The SMILES string of the molecule is CC(=O)NC(CN(CCO)C1CC1)C(=O)O. The van der Waals surface area contributed by atoms with Gasteiger partial charge in [-0.1, -0.05) is 0 Å². The molecule has 0 radical (unpaired) electrons. The Kier molecular flexibility index (Phi) is 4.70. The average molecular weight is 230 g/mol. The number of carbonyl (C=O) groups is 2. The van der Waals surface area contributed by atoms with E-state index in [2.05, 4.69) is 5.32 Å². The number of nitrogens with zero attached hydrogens (tertiary/aromatic N) is 1. The fourth-order valence-electron chi connectivity index (χ4n) is 1.66. The summed E-state index contributed by atoms with van der Waals surface area (Å²) in [7, 11) is 0. The lowest BCUT2D eigenvalue weighted by atomic mass is 10.2. The fourth-order valence-corrected chi connectivity index (χ4v) is 1.66. The van der Waals surface area contributed by atoms with Gasteiger partial charge >= 0.3 is 5.97 Å². The van der Waals surface area contributed by atoms with Crippen molar-refractivity contribution in [3.05, 3.63) is 0 Å². The molecule has 1 rings (SSSR count). The normalized spacial score (nSPS) is 17.2. The number of nitrogens with one attached hydrogen (secondary N) is 1. The van der Waals surface area contributed by atoms with Crippen LogP contribution in [0.15, 0.2) is 0 Å². The summed E-state index contributed by atoms with van der Waals surface area (Å²) in [6, 6.07) is -0.535. The first-order valence-electron chi connectivity index (χ1n) is 5.39. The summed E-state index contributed by atoms with van der Waals surface area (Å²) < 4.78 is 0. The minimum Gasteiger partial charge on any atom is -0.480 e. The summed E-state index contributed by atoms with van der Waals surface area (Å²) >= 11 is 0. The van der Waals surface area contributed by atoms with E-state index in [1.165, 1.54) is 6.92 Å². The van der Waals surface area contributed by atoms with Crippen LogP contribution in [0.4, 0.5) is 0 Å². The van der Waals surface area contributed by atoms with Gasteiger partial charge in [0.1, 0.15) is 6.04 Å². The standard InChI is InChI=1S/C10H18N2O4/c1-7(14)11-9(10(15)16)6-12(4-5-13)8-2-3-8/h8-9,13H,2-6H2,1H3,(H,11,14)(H,15,16). The van der Waals surface area contributed by atoms with Gasteiger partial charge in [-0.25, -0.2) is 4.79 Å². The largest absolute Gasteiger partial charge is 0.480 e. The van der Waals surface area contributed by atoms with Crippen LogP contribution in [0.5, 0.6) is 0 Å². The van der Waals surface area contributed by atoms with E-state index in [-0.39, 0.29) is 19.1 Å². The lowest BCUT2D eigenvalue weighted by Crippen LogP contribution is -2.49. The molecule has 0 saturated heterocycles. The number of hydrogen-bond acceptors (Lipinski definition) is 4. The minimum atomic E-state index is -1.04. The maximum Gasteiger partial charge on any atom is 0.327 e. The molecule has 3 N–H and O–H groups in total. The van der Waals surface area contributed by atoms with Crippen molar-refractivity contribution >= 4 is 11.9 Å². The number of amides is 1. The Labute approximate surface area is 94.2 Å². The van der Waals surface area contributed by atoms with E-state index >= 15 is 0 Å². The highest BCUT2D eigenvalue weighted by molar-refractivity contribution is 5.82. The number of carboxylic acid groups (broad SMARTS) is 1. The second-order valence-corrected chi connectivity index (χ2v) is 4.04. The molecular formula is C10H18N2O4. The number of hydrogen-bond donors (Lipinski definition) is 3. The van der Waals surface area contributed by atoms with Gasteiger partial charge in [0.05, 0.1) is 6.61 Å². The molecular weight excluding hydrogens is 212 g/mol. The van der Waals surface area contributed by atoms with Gasteiger partial charge < -0.3 is 15.5 Å². The topological polar surface area (TPSA) is 89.9 Å². The number of carbonyl (C=O) groups excluding carboxylic acids is 1. The van der Waals surface area contributed by atoms with Gasteiger partial charge in [0.15, 0.2) is 0 Å². The Morgan fingerprint density at radius 3 is 2.50 bits per heavy atom. The van der Waals surface area contributed by atoms with Gasteiger partial charge in [-0.05, 0) is 12.8 Å². The van der Waals surface area contributed by atoms with Crippen LogP contribution in [0, 0.1) is 0 Å². The Balaban J connectivity index is 2.50. The van der Waals surface area contributed by atoms with Gasteiger partial charge in [-0.3, -0.25) is 9.69 Å². The zero-order valence-corrected chi connectivity index (χ0v) is 9.35. The van der Waals surface area contributed by atoms with Crippen molar-refractivity contribution in [1.82, 2.24) is 10.2 Å². The highest BCUT2D eigenvalue weighted by Crippen LogP contribution is 2.26. The molecule has 0 aromatic heterocycles. The average Bonchev–Trinajstić information content (AvgIpc) is 2.98. The van der Waals surface area contributed by atoms with Crippen molar-refractivity contribution in [2.45, 2.75) is 31.8 Å². The van der Waals surface area contributed by atoms with Crippen molar-refractivity contribution in [3.63, 3.8) is 0 Å². The second-order valence-electron chi connectivity index (χ2n) is 4.04. The van der Waals surface area contributed by atoms with Gasteiger partial charge in [-0.15, -0.1) is 0 Å². The van der Waals surface area contributed by atoms with Crippen LogP contribution in [-0.2, 0) is 9.59 Å². The summed E-state index contributed by atoms with van der Waals surface area (Å²) in [6.07, 6.45) is 2.07. The highest BCUT2D eigenvalue weighted by Gasteiger charge is 2.32. The highest BCUT2D eigenvalue weighted by atomic mass is 16.4. The molecule has 6 nitrogen and oxygen atoms in total. The third-order valence-corrected chi connectivity index (χ3v) is 2.54. The minimum absolute atomic E-state index is 0.00289. The predicted octanol–water partition coefficient (Wildman–Crippen LogP) is -0.968. The van der Waals surface area contributed by atoms with Crippen LogP contribution in [-0.4, -0.2) is 58.8 Å². The summed E-state index contributed by atoms with van der Waals surface area (Å²) in [4.78, 5) is 23.7. The zero-order valence-electron chi connectivity index (χ0n) is 9.35. The molecule has 1 atom stereocenters. The maximum atomic E-state index is 10.9. The third-order valence-electron chi connectivity index (χ3n) is 2.54. The summed E-state index contributed by atoms with van der Waals surface area (Å²) in [5.74, 6) is -1.40. The van der Waals surface area contributed by atoms with Crippen molar-refractivity contribution < 1.29 is 19.8 Å². The first kappa shape index (κ1) is 12.9. The molecule has 1 saturated carbocycles. The van der Waals surface area contributed by atoms with E-state index < -0.39 is 12.0 Å². The molecule has 0 aromatic rings. The van der Waals surface area contributed by atoms with E-state index in [0.29, 0.717) is 12.6 Å². The van der Waals surface area contributed by atoms with Crippen LogP contribution in [0.2, 0.25) is 0 Å². The van der Waals surface area contributed by atoms with Crippen molar-refractivity contribution in [3.8, 4) is 0 Å². The molecule has 0 bridgehead atoms. The van der Waals surface area contributed by atoms with Crippen molar-refractivity contribution in [2.75, 3.05) is 19.7 Å². The number of aliphatic hydroxyl groups excluding tert-OH is 1. The Morgan fingerprint density at radius 1 is 1.50 bits per heavy atom. The van der Waals surface area contributed by atoms with Gasteiger partial charge in [-0.2, -0.15) is 0 Å². The smallest absolute Gasteiger partial charge is 0.327 e. The molecule has 6 heteroatoms. The quantitative estimate of drug-likeness (QED) is 0.523. The number of aliphatic carboxylic acids is 1. The molecule has 1 aliphatic rings. The number of carboxylic acids is 1. The Bertz CT molecular complexity index is 266. The van der Waals surface area contributed by atoms with Crippen LogP contribution in [0.3, 0.4) is 0 Å². The van der Waals surface area contributed by atoms with Gasteiger partial charge in [0.2, 0.25) is 5.91 Å². The monoisotopic (exact) mass is 230 g/mol. The lowest BCUT2D eigenvalue weighted by molar-refractivity contribution is -0.142. The molecule has 0 spiro atoms. The van der Waals surface area contributed by atoms with E-state index in [4.69, 9.17) is 10.2 Å². The first-order chi connectivity index (χ1) is 7.54. The van der Waals surface area contributed by atoms with E-state index in [0.717, 1.165) is 12.8 Å². The van der Waals surface area contributed by atoms with Crippen molar-refractivity contribution in [2.24, 2.45) is 0 Å². The van der Waals surface area contributed by atoms with Crippen LogP contribution in [0.25, 0.3) is 0 Å². The van der Waals surface area contributed by atoms with Crippen molar-refractivity contribution in [1.29, 1.82) is 0 Å². The molecule has 1 amide bonds. The Morgan fingerprint density at radius 2 is 2.12 bits per heavy atom. The first-order valence-corrected chi connectivity index (χ1v) is 5.39.